The van der Waals surface area contributed by atoms with Gasteiger partial charge in [0.15, 0.2) is 11.5 Å². The number of aromatic hydroxyl groups is 1. The Bertz CT molecular complexity index is 872. The molecule has 2 fully saturated rings. The lowest BCUT2D eigenvalue weighted by Gasteiger charge is -2.50. The molecule has 38 heavy (non-hydrogen) atoms. The summed E-state index contributed by atoms with van der Waals surface area (Å²) < 4.78 is 11.8. The fraction of sp³-hybridized carbons (Fsp3) is 0.818. The fourth-order valence-electron chi connectivity index (χ4n) is 6.58. The lowest BCUT2D eigenvalue weighted by atomic mass is 9.62. The first-order valence-corrected chi connectivity index (χ1v) is 15.2. The van der Waals surface area contributed by atoms with E-state index in [-0.39, 0.29) is 28.6 Å². The predicted molar refractivity (Wildman–Crippen MR) is 159 cm³/mol. The van der Waals surface area contributed by atoms with E-state index >= 15 is 0 Å². The summed E-state index contributed by atoms with van der Waals surface area (Å²) in [4.78, 5) is 2.69. The normalized spacial score (nSPS) is 29.1. The zero-order chi connectivity index (χ0) is 28.9. The van der Waals surface area contributed by atoms with E-state index in [9.17, 15) is 10.2 Å². The molecular formula is C33H59NO4. The number of rotatable bonds is 7. The number of benzene rings is 1. The number of ether oxygens (including phenoxy) is 2. The minimum Gasteiger partial charge on any atom is -0.504 e. The van der Waals surface area contributed by atoms with Crippen LogP contribution in [-0.2, 0) is 10.2 Å². The van der Waals surface area contributed by atoms with Crippen molar-refractivity contribution in [2.75, 3.05) is 27.3 Å². The van der Waals surface area contributed by atoms with Crippen molar-refractivity contribution in [1.29, 1.82) is 0 Å². The third kappa shape index (κ3) is 7.06. The number of phenols is 1. The van der Waals surface area contributed by atoms with E-state index < -0.39 is 5.60 Å². The Hall–Kier alpha value is -1.30. The summed E-state index contributed by atoms with van der Waals surface area (Å²) in [6, 6.07) is 4.37. The summed E-state index contributed by atoms with van der Waals surface area (Å²) >= 11 is 0. The number of hydrogen-bond acceptors (Lipinski definition) is 5. The van der Waals surface area contributed by atoms with E-state index in [1.807, 2.05) is 26.8 Å². The van der Waals surface area contributed by atoms with E-state index in [4.69, 9.17) is 9.47 Å². The van der Waals surface area contributed by atoms with Crippen LogP contribution in [-0.4, -0.2) is 60.2 Å². The quantitative estimate of drug-likeness (QED) is 0.380. The minimum absolute atomic E-state index is 0.0233. The molecule has 0 amide bonds. The molecule has 0 bridgehead atoms. The number of aryl methyl sites for hydroxylation is 1. The number of methoxy groups -OCH3 is 2. The van der Waals surface area contributed by atoms with Crippen molar-refractivity contribution in [3.63, 3.8) is 0 Å². The number of hydrogen-bond donors (Lipinski definition) is 2. The molecule has 1 saturated carbocycles. The van der Waals surface area contributed by atoms with E-state index in [1.54, 1.807) is 14.2 Å². The van der Waals surface area contributed by atoms with Gasteiger partial charge in [0.2, 0.25) is 0 Å². The van der Waals surface area contributed by atoms with Crippen molar-refractivity contribution in [2.24, 2.45) is 17.3 Å². The van der Waals surface area contributed by atoms with Crippen molar-refractivity contribution in [2.45, 2.75) is 130 Å². The molecule has 1 aromatic carbocycles. The smallest absolute Gasteiger partial charge is 0.161 e. The van der Waals surface area contributed by atoms with Gasteiger partial charge in [0.05, 0.1) is 18.8 Å². The van der Waals surface area contributed by atoms with Crippen LogP contribution in [0, 0.1) is 24.2 Å². The standard InChI is InChI=1S/C31H53NO4.C2H6/c1-10-31(27-21(2)11-16-25(35-8)28(27)33)17-18-32(20-23-13-14-23)22(3)12-15-24(26(19-31)36-9)30(7,34)29(4,5)6;1-2/h11,16,22-24,26,33-34H,10,12-15,17-20H2,1-9H3;1-2H3/t22?,24?,26?,30-,31?;/m0./s1. The van der Waals surface area contributed by atoms with Gasteiger partial charge in [-0.3, -0.25) is 0 Å². The summed E-state index contributed by atoms with van der Waals surface area (Å²) in [6.07, 6.45) is 7.07. The van der Waals surface area contributed by atoms with Gasteiger partial charge >= 0.3 is 0 Å². The largest absolute Gasteiger partial charge is 0.504 e. The molecule has 5 heteroatoms. The maximum absolute atomic E-state index is 12.0. The van der Waals surface area contributed by atoms with Gasteiger partial charge in [-0.05, 0) is 95.2 Å². The maximum atomic E-state index is 12.0. The molecule has 1 aliphatic heterocycles. The molecule has 1 saturated heterocycles. The average Bonchev–Trinajstić information content (AvgIpc) is 3.69. The summed E-state index contributed by atoms with van der Waals surface area (Å²) in [5.74, 6) is 1.58. The maximum Gasteiger partial charge on any atom is 0.161 e. The van der Waals surface area contributed by atoms with E-state index in [0.717, 1.165) is 62.2 Å². The van der Waals surface area contributed by atoms with Gasteiger partial charge in [-0.1, -0.05) is 47.6 Å². The van der Waals surface area contributed by atoms with Crippen LogP contribution in [0.4, 0.5) is 0 Å². The number of aliphatic hydroxyl groups is 1. The molecule has 220 valence electrons. The first-order chi connectivity index (χ1) is 17.8. The van der Waals surface area contributed by atoms with Crippen LogP contribution in [0.2, 0.25) is 0 Å². The molecule has 1 heterocycles. The summed E-state index contributed by atoms with van der Waals surface area (Å²) in [5.41, 5.74) is 0.578. The van der Waals surface area contributed by atoms with E-state index in [1.165, 1.54) is 12.8 Å². The van der Waals surface area contributed by atoms with Crippen LogP contribution in [0.5, 0.6) is 11.5 Å². The second-order valence-corrected chi connectivity index (χ2v) is 13.0. The molecule has 0 aromatic heterocycles. The van der Waals surface area contributed by atoms with Crippen molar-refractivity contribution in [3.8, 4) is 11.5 Å². The molecular weight excluding hydrogens is 474 g/mol. The average molecular weight is 534 g/mol. The lowest BCUT2D eigenvalue weighted by Crippen LogP contribution is -2.54. The molecule has 3 rings (SSSR count). The van der Waals surface area contributed by atoms with Crippen molar-refractivity contribution in [1.82, 2.24) is 4.90 Å². The van der Waals surface area contributed by atoms with E-state index in [2.05, 4.69) is 52.5 Å². The fourth-order valence-corrected chi connectivity index (χ4v) is 6.58. The first-order valence-electron chi connectivity index (χ1n) is 15.2. The Balaban J connectivity index is 0.00000247. The molecule has 2 aliphatic rings. The zero-order valence-electron chi connectivity index (χ0n) is 26.5. The Kier molecular flexibility index (Phi) is 11.6. The van der Waals surface area contributed by atoms with Crippen LogP contribution < -0.4 is 4.74 Å². The van der Waals surface area contributed by atoms with Gasteiger partial charge < -0.3 is 24.6 Å². The van der Waals surface area contributed by atoms with Crippen LogP contribution in [0.3, 0.4) is 0 Å². The van der Waals surface area contributed by atoms with Crippen LogP contribution in [0.15, 0.2) is 12.1 Å². The number of phenolic OH excluding ortho intramolecular Hbond substituents is 1. The highest BCUT2D eigenvalue weighted by atomic mass is 16.5. The topological polar surface area (TPSA) is 62.2 Å². The summed E-state index contributed by atoms with van der Waals surface area (Å²) in [5, 5.41) is 23.5. The molecule has 1 aliphatic carbocycles. The molecule has 5 nitrogen and oxygen atoms in total. The summed E-state index contributed by atoms with van der Waals surface area (Å²) in [6.45, 7) is 21.2. The van der Waals surface area contributed by atoms with Crippen LogP contribution in [0.25, 0.3) is 0 Å². The van der Waals surface area contributed by atoms with E-state index in [0.29, 0.717) is 11.8 Å². The monoisotopic (exact) mass is 533 g/mol. The van der Waals surface area contributed by atoms with Gasteiger partial charge in [-0.15, -0.1) is 0 Å². The SMILES string of the molecule is CC.CCC1(c2c(C)ccc(OC)c2O)CCN(CC2CC2)C(C)CCC([C@](C)(O)C(C)(C)C)C(OC)C1. The van der Waals surface area contributed by atoms with Crippen LogP contribution >= 0.6 is 0 Å². The molecule has 0 radical (unpaired) electrons. The van der Waals surface area contributed by atoms with Crippen molar-refractivity contribution < 1.29 is 19.7 Å². The molecule has 5 atom stereocenters. The molecule has 2 N–H and O–H groups in total. The molecule has 0 spiro atoms. The van der Waals surface area contributed by atoms with Crippen LogP contribution in [0.1, 0.15) is 111 Å². The highest BCUT2D eigenvalue weighted by Crippen LogP contribution is 2.50. The van der Waals surface area contributed by atoms with Crippen molar-refractivity contribution >= 4 is 0 Å². The van der Waals surface area contributed by atoms with Gasteiger partial charge in [-0.25, -0.2) is 0 Å². The third-order valence-corrected chi connectivity index (χ3v) is 9.95. The van der Waals surface area contributed by atoms with Gasteiger partial charge in [0.1, 0.15) is 0 Å². The van der Waals surface area contributed by atoms with Gasteiger partial charge in [0.25, 0.3) is 0 Å². The zero-order valence-corrected chi connectivity index (χ0v) is 26.5. The lowest BCUT2D eigenvalue weighted by molar-refractivity contribution is -0.143. The molecule has 1 aromatic rings. The highest BCUT2D eigenvalue weighted by Gasteiger charge is 2.49. The summed E-state index contributed by atoms with van der Waals surface area (Å²) in [7, 11) is 3.41. The highest BCUT2D eigenvalue weighted by molar-refractivity contribution is 5.53. The Labute approximate surface area is 234 Å². The Morgan fingerprint density at radius 1 is 1.05 bits per heavy atom. The second kappa shape index (κ2) is 13.4. The second-order valence-electron chi connectivity index (χ2n) is 13.0. The van der Waals surface area contributed by atoms with Gasteiger partial charge in [-0.2, -0.15) is 0 Å². The minimum atomic E-state index is -0.904. The van der Waals surface area contributed by atoms with Crippen molar-refractivity contribution in [3.05, 3.63) is 23.3 Å². The predicted octanol–water partition coefficient (Wildman–Crippen LogP) is 7.49. The number of nitrogens with zero attached hydrogens (tertiary/aromatic N) is 1. The molecule has 4 unspecified atom stereocenters. The Morgan fingerprint density at radius 3 is 2.18 bits per heavy atom. The first kappa shape index (κ1) is 32.9. The third-order valence-electron chi connectivity index (χ3n) is 9.95. The Morgan fingerprint density at radius 2 is 1.68 bits per heavy atom. The van der Waals surface area contributed by atoms with Gasteiger partial charge in [0, 0.05) is 36.6 Å².